The summed E-state index contributed by atoms with van der Waals surface area (Å²) < 4.78 is 37.3. The number of hydrogen-bond acceptors (Lipinski definition) is 2. The molecule has 0 unspecified atom stereocenters. The van der Waals surface area contributed by atoms with Gasteiger partial charge in [-0.05, 0) is 24.5 Å². The minimum absolute atomic E-state index is 0.377. The minimum atomic E-state index is -4.39. The number of nitrogens with zero attached hydrogens (tertiary/aromatic N) is 1. The SMILES string of the molecule is CSc1ccc2ccc(C(F)(F)F)nc2c1. The molecular weight excluding hydrogens is 235 g/mol. The van der Waals surface area contributed by atoms with Crippen LogP contribution >= 0.6 is 11.8 Å². The van der Waals surface area contributed by atoms with Gasteiger partial charge in [-0.25, -0.2) is 4.98 Å². The average molecular weight is 243 g/mol. The molecule has 84 valence electrons. The summed E-state index contributed by atoms with van der Waals surface area (Å²) in [7, 11) is 0. The number of thioether (sulfide) groups is 1. The van der Waals surface area contributed by atoms with E-state index in [0.29, 0.717) is 10.9 Å². The second-order valence-electron chi connectivity index (χ2n) is 3.25. The van der Waals surface area contributed by atoms with Gasteiger partial charge in [0.2, 0.25) is 0 Å². The molecule has 0 bridgehead atoms. The fraction of sp³-hybridized carbons (Fsp3) is 0.182. The van der Waals surface area contributed by atoms with Gasteiger partial charge in [-0.1, -0.05) is 12.1 Å². The molecular formula is C11H8F3NS. The molecule has 0 spiro atoms. The summed E-state index contributed by atoms with van der Waals surface area (Å²) in [4.78, 5) is 4.52. The Hall–Kier alpha value is -1.23. The standard InChI is InChI=1S/C11H8F3NS/c1-16-8-4-2-7-3-5-10(11(12,13)14)15-9(7)6-8/h2-6H,1H3. The summed E-state index contributed by atoms with van der Waals surface area (Å²) in [5.74, 6) is 0. The molecule has 0 aliphatic rings. The van der Waals surface area contributed by atoms with Gasteiger partial charge in [0.25, 0.3) is 0 Å². The van der Waals surface area contributed by atoms with Crippen LogP contribution in [0.25, 0.3) is 10.9 Å². The highest BCUT2D eigenvalue weighted by atomic mass is 32.2. The maximum Gasteiger partial charge on any atom is 0.433 e. The van der Waals surface area contributed by atoms with E-state index in [2.05, 4.69) is 4.98 Å². The molecule has 0 atom stereocenters. The van der Waals surface area contributed by atoms with Crippen molar-refractivity contribution in [2.45, 2.75) is 11.1 Å². The number of fused-ring (bicyclic) bond motifs is 1. The Morgan fingerprint density at radius 1 is 1.12 bits per heavy atom. The molecule has 1 aromatic heterocycles. The van der Waals surface area contributed by atoms with Crippen molar-refractivity contribution >= 4 is 22.7 Å². The third kappa shape index (κ3) is 2.14. The Balaban J connectivity index is 2.59. The molecule has 0 saturated heterocycles. The number of pyridine rings is 1. The number of rotatable bonds is 1. The van der Waals surface area contributed by atoms with Gasteiger partial charge in [-0.3, -0.25) is 0 Å². The topological polar surface area (TPSA) is 12.9 Å². The van der Waals surface area contributed by atoms with Gasteiger partial charge in [-0.2, -0.15) is 13.2 Å². The van der Waals surface area contributed by atoms with E-state index in [1.165, 1.54) is 17.8 Å². The summed E-state index contributed by atoms with van der Waals surface area (Å²) in [6.07, 6.45) is -2.52. The lowest BCUT2D eigenvalue weighted by atomic mass is 10.2. The van der Waals surface area contributed by atoms with Crippen LogP contribution in [0.1, 0.15) is 5.69 Å². The van der Waals surface area contributed by atoms with Gasteiger partial charge in [0, 0.05) is 10.3 Å². The lowest BCUT2D eigenvalue weighted by Gasteiger charge is -2.07. The highest BCUT2D eigenvalue weighted by Gasteiger charge is 2.32. The zero-order valence-corrected chi connectivity index (χ0v) is 9.19. The van der Waals surface area contributed by atoms with Crippen LogP contribution < -0.4 is 0 Å². The zero-order valence-electron chi connectivity index (χ0n) is 8.38. The van der Waals surface area contributed by atoms with E-state index in [1.54, 1.807) is 12.1 Å². The van der Waals surface area contributed by atoms with Gasteiger partial charge >= 0.3 is 6.18 Å². The molecule has 1 aromatic carbocycles. The first-order valence-electron chi connectivity index (χ1n) is 4.53. The van der Waals surface area contributed by atoms with Crippen molar-refractivity contribution < 1.29 is 13.2 Å². The van der Waals surface area contributed by atoms with Crippen molar-refractivity contribution in [1.82, 2.24) is 4.98 Å². The second kappa shape index (κ2) is 3.97. The molecule has 1 nitrogen and oxygen atoms in total. The number of hydrogen-bond donors (Lipinski definition) is 0. The molecule has 0 saturated carbocycles. The van der Waals surface area contributed by atoms with Crippen LogP contribution in [0, 0.1) is 0 Å². The molecule has 2 rings (SSSR count). The third-order valence-corrected chi connectivity index (χ3v) is 2.92. The van der Waals surface area contributed by atoms with Crippen LogP contribution in [-0.2, 0) is 6.18 Å². The van der Waals surface area contributed by atoms with Crippen LogP contribution in [-0.4, -0.2) is 11.2 Å². The van der Waals surface area contributed by atoms with Crippen molar-refractivity contribution in [2.24, 2.45) is 0 Å². The van der Waals surface area contributed by atoms with E-state index in [9.17, 15) is 13.2 Å². The molecule has 1 heterocycles. The Morgan fingerprint density at radius 3 is 2.44 bits per heavy atom. The highest BCUT2D eigenvalue weighted by Crippen LogP contribution is 2.29. The predicted octanol–water partition coefficient (Wildman–Crippen LogP) is 3.98. The zero-order chi connectivity index (χ0) is 11.8. The monoisotopic (exact) mass is 243 g/mol. The lowest BCUT2D eigenvalue weighted by Crippen LogP contribution is -2.07. The van der Waals surface area contributed by atoms with Crippen molar-refractivity contribution in [3.8, 4) is 0 Å². The summed E-state index contributed by atoms with van der Waals surface area (Å²) in [6.45, 7) is 0. The predicted molar refractivity (Wildman–Crippen MR) is 58.5 cm³/mol. The molecule has 2 aromatic rings. The minimum Gasteiger partial charge on any atom is -0.243 e. The molecule has 0 fully saturated rings. The quantitative estimate of drug-likeness (QED) is 0.703. The van der Waals surface area contributed by atoms with Crippen molar-refractivity contribution in [3.05, 3.63) is 36.0 Å². The number of alkyl halides is 3. The van der Waals surface area contributed by atoms with Crippen LogP contribution in [0.15, 0.2) is 35.2 Å². The third-order valence-electron chi connectivity index (χ3n) is 2.19. The molecule has 0 radical (unpaired) electrons. The molecule has 5 heteroatoms. The lowest BCUT2D eigenvalue weighted by molar-refractivity contribution is -0.140. The van der Waals surface area contributed by atoms with Crippen LogP contribution in [0.3, 0.4) is 0 Å². The Kier molecular flexibility index (Phi) is 2.80. The van der Waals surface area contributed by atoms with E-state index in [-0.39, 0.29) is 0 Å². The van der Waals surface area contributed by atoms with Gasteiger partial charge in [0.15, 0.2) is 0 Å². The van der Waals surface area contributed by atoms with E-state index in [1.807, 2.05) is 12.3 Å². The van der Waals surface area contributed by atoms with Crippen molar-refractivity contribution in [2.75, 3.05) is 6.26 Å². The average Bonchev–Trinajstić information content (AvgIpc) is 2.26. The number of benzene rings is 1. The molecule has 0 amide bonds. The maximum absolute atomic E-state index is 12.4. The molecule has 0 aliphatic heterocycles. The Morgan fingerprint density at radius 2 is 1.81 bits per heavy atom. The van der Waals surface area contributed by atoms with E-state index in [0.717, 1.165) is 11.0 Å². The van der Waals surface area contributed by atoms with Crippen LogP contribution in [0.5, 0.6) is 0 Å². The van der Waals surface area contributed by atoms with Gasteiger partial charge < -0.3 is 0 Å². The van der Waals surface area contributed by atoms with Crippen LogP contribution in [0.2, 0.25) is 0 Å². The normalized spacial score (nSPS) is 12.0. The number of aromatic nitrogens is 1. The van der Waals surface area contributed by atoms with Gasteiger partial charge in [-0.15, -0.1) is 11.8 Å². The smallest absolute Gasteiger partial charge is 0.243 e. The first kappa shape index (κ1) is 11.3. The molecule has 0 aliphatic carbocycles. The highest BCUT2D eigenvalue weighted by molar-refractivity contribution is 7.98. The van der Waals surface area contributed by atoms with Crippen LogP contribution in [0.4, 0.5) is 13.2 Å². The second-order valence-corrected chi connectivity index (χ2v) is 4.13. The first-order valence-corrected chi connectivity index (χ1v) is 5.75. The van der Waals surface area contributed by atoms with E-state index in [4.69, 9.17) is 0 Å². The molecule has 0 N–H and O–H groups in total. The van der Waals surface area contributed by atoms with Crippen molar-refractivity contribution in [1.29, 1.82) is 0 Å². The maximum atomic E-state index is 12.4. The Bertz CT molecular complexity index is 522. The summed E-state index contributed by atoms with van der Waals surface area (Å²) in [5, 5.41) is 0.714. The summed E-state index contributed by atoms with van der Waals surface area (Å²) in [5.41, 5.74) is -0.472. The summed E-state index contributed by atoms with van der Waals surface area (Å²) >= 11 is 1.48. The first-order chi connectivity index (χ1) is 7.50. The number of halogens is 3. The summed E-state index contributed by atoms with van der Waals surface area (Å²) in [6, 6.07) is 7.74. The fourth-order valence-corrected chi connectivity index (χ4v) is 1.82. The van der Waals surface area contributed by atoms with Gasteiger partial charge in [0.1, 0.15) is 5.69 Å². The van der Waals surface area contributed by atoms with E-state index >= 15 is 0 Å². The van der Waals surface area contributed by atoms with E-state index < -0.39 is 11.9 Å². The fourth-order valence-electron chi connectivity index (χ4n) is 1.38. The Labute approximate surface area is 94.7 Å². The van der Waals surface area contributed by atoms with Crippen molar-refractivity contribution in [3.63, 3.8) is 0 Å². The van der Waals surface area contributed by atoms with Gasteiger partial charge in [0.05, 0.1) is 5.52 Å². The largest absolute Gasteiger partial charge is 0.433 e. The molecule has 16 heavy (non-hydrogen) atoms.